The summed E-state index contributed by atoms with van der Waals surface area (Å²) >= 11 is 0. The molecule has 0 saturated heterocycles. The molecule has 19 rings (SSSR count). The van der Waals surface area contributed by atoms with Gasteiger partial charge < -0.3 is 22.8 Å². The number of aromatic nitrogens is 8. The molecular weight excluding hydrogens is 1110 g/mol. The van der Waals surface area contributed by atoms with E-state index in [0.29, 0.717) is 40.0 Å². The highest BCUT2D eigenvalue weighted by Gasteiger charge is 2.32. The first-order chi connectivity index (χ1) is 45.2. The van der Waals surface area contributed by atoms with Gasteiger partial charge in [-0.1, -0.05) is 212 Å². The fourth-order valence-corrected chi connectivity index (χ4v) is 14.8. The van der Waals surface area contributed by atoms with Crippen LogP contribution in [-0.4, -0.2) is 37.8 Å². The summed E-state index contributed by atoms with van der Waals surface area (Å²) in [7, 11) is 0. The molecular formula is C82H49N9. The summed E-state index contributed by atoms with van der Waals surface area (Å²) in [5.74, 6) is 1.53. The van der Waals surface area contributed by atoms with E-state index < -0.39 is 0 Å². The van der Waals surface area contributed by atoms with Gasteiger partial charge in [0, 0.05) is 87.6 Å². The predicted molar refractivity (Wildman–Crippen MR) is 373 cm³/mol. The van der Waals surface area contributed by atoms with E-state index in [9.17, 15) is 5.26 Å². The number of para-hydroxylation sites is 8. The Balaban J connectivity index is 1.05. The van der Waals surface area contributed by atoms with Gasteiger partial charge in [0.25, 0.3) is 0 Å². The number of nitrogens with zero attached hydrogens (tertiary/aromatic N) is 9. The summed E-state index contributed by atoms with van der Waals surface area (Å²) < 4.78 is 12.0. The van der Waals surface area contributed by atoms with Crippen molar-refractivity contribution >= 4 is 109 Å². The van der Waals surface area contributed by atoms with Crippen molar-refractivity contribution in [1.82, 2.24) is 37.8 Å². The quantitative estimate of drug-likeness (QED) is 0.152. The molecule has 19 aromatic rings. The summed E-state index contributed by atoms with van der Waals surface area (Å²) in [4.78, 5) is 16.2. The maximum Gasteiger partial charge on any atom is 0.164 e. The Morgan fingerprint density at radius 1 is 0.242 bits per heavy atom. The van der Waals surface area contributed by atoms with E-state index in [2.05, 4.69) is 265 Å². The van der Waals surface area contributed by atoms with Crippen molar-refractivity contribution in [1.29, 1.82) is 5.26 Å². The lowest BCUT2D eigenvalue weighted by molar-refractivity contribution is 1.06. The number of benzene rings is 13. The van der Waals surface area contributed by atoms with Crippen LogP contribution in [-0.2, 0) is 0 Å². The van der Waals surface area contributed by atoms with Gasteiger partial charge in [-0.2, -0.15) is 5.26 Å². The summed E-state index contributed by atoms with van der Waals surface area (Å²) in [6, 6.07) is 108. The van der Waals surface area contributed by atoms with Crippen molar-refractivity contribution in [2.24, 2.45) is 0 Å². The molecule has 0 spiro atoms. The molecule has 0 N–H and O–H groups in total. The Bertz CT molecular complexity index is 6120. The molecule has 0 aliphatic carbocycles. The monoisotopic (exact) mass is 1160 g/mol. The van der Waals surface area contributed by atoms with Crippen molar-refractivity contribution in [3.05, 3.63) is 303 Å². The lowest BCUT2D eigenvalue weighted by Gasteiger charge is -2.19. The topological polar surface area (TPSA) is 87.1 Å². The predicted octanol–water partition coefficient (Wildman–Crippen LogP) is 20.2. The first kappa shape index (κ1) is 50.5. The number of hydrogen-bond donors (Lipinski definition) is 0. The number of hydrogen-bond acceptors (Lipinski definition) is 4. The lowest BCUT2D eigenvalue weighted by atomic mass is 10.0. The number of fused-ring (bicyclic) bond motifs is 19. The molecule has 9 nitrogen and oxygen atoms in total. The third-order valence-electron chi connectivity index (χ3n) is 18.5. The molecule has 422 valence electrons. The Morgan fingerprint density at radius 3 is 1.00 bits per heavy atom. The fraction of sp³-hybridized carbons (Fsp3) is 0. The average Bonchev–Trinajstić information content (AvgIpc) is 1.51. The van der Waals surface area contributed by atoms with Gasteiger partial charge in [-0.15, -0.1) is 0 Å². The zero-order chi connectivity index (χ0) is 59.8. The maximum atomic E-state index is 12.7. The second kappa shape index (κ2) is 19.7. The second-order valence-electron chi connectivity index (χ2n) is 23.3. The summed E-state index contributed by atoms with van der Waals surface area (Å²) in [5, 5.41) is 23.6. The van der Waals surface area contributed by atoms with Crippen LogP contribution in [0.1, 0.15) is 5.56 Å². The van der Waals surface area contributed by atoms with Crippen LogP contribution < -0.4 is 0 Å². The highest BCUT2D eigenvalue weighted by Crippen LogP contribution is 2.52. The maximum absolute atomic E-state index is 12.7. The smallest absolute Gasteiger partial charge is 0.164 e. The van der Waals surface area contributed by atoms with Crippen molar-refractivity contribution in [3.63, 3.8) is 0 Å². The van der Waals surface area contributed by atoms with Crippen molar-refractivity contribution in [3.8, 4) is 68.7 Å². The molecule has 0 atom stereocenters. The van der Waals surface area contributed by atoms with Gasteiger partial charge in [-0.05, 0) is 84.9 Å². The van der Waals surface area contributed by atoms with Gasteiger partial charge in [-0.3, -0.25) is 0 Å². The van der Waals surface area contributed by atoms with Crippen LogP contribution in [0.3, 0.4) is 0 Å². The van der Waals surface area contributed by atoms with E-state index >= 15 is 0 Å². The molecule has 0 amide bonds. The van der Waals surface area contributed by atoms with Crippen LogP contribution in [0.25, 0.3) is 172 Å². The molecule has 0 unspecified atom stereocenters. The fourth-order valence-electron chi connectivity index (χ4n) is 14.8. The molecule has 0 bridgehead atoms. The lowest BCUT2D eigenvalue weighted by Crippen LogP contribution is -2.07. The highest BCUT2D eigenvalue weighted by molar-refractivity contribution is 6.40. The molecule has 0 fully saturated rings. The SMILES string of the molecule is N#Cc1c(-n2c3ccccc3c3ccc4c(c5ccccc5n4-c4ccccc4)c32)cc(-c2nc(-c3ccccc3)nc(-c3ccccc3)n2)cc1-n1c2ccccc2c2c3c(c4ccccc4n3-c3ccccc3)c3c(c4ccccc4n3-c3ccccc3)c21. The van der Waals surface area contributed by atoms with Gasteiger partial charge in [0.2, 0.25) is 0 Å². The molecule has 91 heavy (non-hydrogen) atoms. The molecule has 6 heterocycles. The molecule has 0 radical (unpaired) electrons. The van der Waals surface area contributed by atoms with Gasteiger partial charge in [0.05, 0.1) is 66.5 Å². The molecule has 0 aliphatic rings. The molecule has 13 aromatic carbocycles. The van der Waals surface area contributed by atoms with E-state index in [-0.39, 0.29) is 0 Å². The molecule has 9 heteroatoms. The summed E-state index contributed by atoms with van der Waals surface area (Å²) in [5.41, 5.74) is 17.7. The van der Waals surface area contributed by atoms with Gasteiger partial charge in [-0.25, -0.2) is 15.0 Å². The average molecular weight is 1160 g/mol. The third kappa shape index (κ3) is 7.30. The van der Waals surface area contributed by atoms with Crippen molar-refractivity contribution < 1.29 is 0 Å². The first-order valence-corrected chi connectivity index (χ1v) is 30.7. The van der Waals surface area contributed by atoms with Gasteiger partial charge >= 0.3 is 0 Å². The largest absolute Gasteiger partial charge is 0.309 e. The minimum atomic E-state index is 0.462. The van der Waals surface area contributed by atoms with E-state index in [0.717, 1.165) is 137 Å². The minimum absolute atomic E-state index is 0.462. The van der Waals surface area contributed by atoms with Crippen molar-refractivity contribution in [2.75, 3.05) is 0 Å². The van der Waals surface area contributed by atoms with E-state index in [4.69, 9.17) is 15.0 Å². The Labute approximate surface area is 520 Å². The second-order valence-corrected chi connectivity index (χ2v) is 23.3. The Morgan fingerprint density at radius 2 is 0.560 bits per heavy atom. The van der Waals surface area contributed by atoms with Gasteiger partial charge in [0.1, 0.15) is 11.6 Å². The minimum Gasteiger partial charge on any atom is -0.309 e. The Kier molecular flexibility index (Phi) is 10.9. The number of nitriles is 1. The molecule has 6 aromatic heterocycles. The van der Waals surface area contributed by atoms with Gasteiger partial charge in [0.15, 0.2) is 17.5 Å². The first-order valence-electron chi connectivity index (χ1n) is 30.7. The third-order valence-corrected chi connectivity index (χ3v) is 18.5. The van der Waals surface area contributed by atoms with Crippen LogP contribution in [0.2, 0.25) is 0 Å². The standard InChI is InChI=1S/C82H49N9/c83-50-63-70(90-64-41-21-16-36-57(64)58-46-47-69-72(76(58)90)59-37-17-22-42-65(59)87(69)54-30-10-3-11-31-54)48-53(82-85-80(51-26-6-1-7-27-51)84-81(86-82)52-28-8-2-9-29-52)49-71(63)91-68-45-25-20-40-62(68)75-78-73(60-38-18-23-43-66(60)88(78)55-32-12-4-13-33-55)77-74(79(75)91)61-39-19-24-44-67(61)89(77)56-34-14-5-15-35-56/h1-49H. The van der Waals surface area contributed by atoms with Crippen LogP contribution in [0.5, 0.6) is 0 Å². The zero-order valence-electron chi connectivity index (χ0n) is 48.8. The number of rotatable bonds is 8. The molecule has 0 saturated carbocycles. The van der Waals surface area contributed by atoms with E-state index in [1.165, 1.54) is 0 Å². The van der Waals surface area contributed by atoms with E-state index in [1.54, 1.807) is 0 Å². The summed E-state index contributed by atoms with van der Waals surface area (Å²) in [6.45, 7) is 0. The zero-order valence-corrected chi connectivity index (χ0v) is 48.8. The highest BCUT2D eigenvalue weighted by atomic mass is 15.1. The Hall–Kier alpha value is -12.6. The van der Waals surface area contributed by atoms with Crippen LogP contribution >= 0.6 is 0 Å². The van der Waals surface area contributed by atoms with Crippen LogP contribution in [0.4, 0.5) is 0 Å². The summed E-state index contributed by atoms with van der Waals surface area (Å²) in [6.07, 6.45) is 0. The van der Waals surface area contributed by atoms with Crippen LogP contribution in [0.15, 0.2) is 297 Å². The van der Waals surface area contributed by atoms with E-state index in [1.807, 2.05) is 60.7 Å². The normalized spacial score (nSPS) is 11.9. The van der Waals surface area contributed by atoms with Crippen LogP contribution in [0, 0.1) is 11.3 Å². The van der Waals surface area contributed by atoms with Crippen molar-refractivity contribution in [2.45, 2.75) is 0 Å². The molecule has 0 aliphatic heterocycles.